The van der Waals surface area contributed by atoms with Gasteiger partial charge in [-0.15, -0.1) is 0 Å². The van der Waals surface area contributed by atoms with Gasteiger partial charge in [0.15, 0.2) is 0 Å². The molecule has 6 nitrogen and oxygen atoms in total. The number of benzene rings is 8. The average Bonchev–Trinajstić information content (AvgIpc) is 1.86. The van der Waals surface area contributed by atoms with E-state index in [1.807, 2.05) is 25.1 Å². The third kappa shape index (κ3) is 16.0. The molecule has 0 fully saturated rings. The minimum atomic E-state index is -0.473. The fraction of sp³-hybridized carbons (Fsp3) is 0.366. The Morgan fingerprint density at radius 3 is 1.01 bits per heavy atom. The van der Waals surface area contributed by atoms with Gasteiger partial charge in [0.2, 0.25) is 0 Å². The summed E-state index contributed by atoms with van der Waals surface area (Å²) in [4.78, 5) is 0. The van der Waals surface area contributed by atoms with E-state index >= 15 is 0 Å². The predicted molar refractivity (Wildman–Crippen MR) is 382 cm³/mol. The van der Waals surface area contributed by atoms with Crippen LogP contribution in [-0.4, -0.2) is 29.6 Å². The maximum Gasteiger partial charge on any atom is 4.00 e. The molecule has 8 aromatic carbocycles. The largest absolute Gasteiger partial charge is 4.00 e. The molecule has 10 rings (SSSR count). The van der Waals surface area contributed by atoms with E-state index in [4.69, 9.17) is 0 Å². The summed E-state index contributed by atoms with van der Waals surface area (Å²) in [7, 11) is 0. The Morgan fingerprint density at radius 1 is 0.407 bits per heavy atom. The summed E-state index contributed by atoms with van der Waals surface area (Å²) in [5.74, 6) is -0.383. The first-order valence-electron chi connectivity index (χ1n) is 31.3. The topological polar surface area (TPSA) is 90.8 Å². The van der Waals surface area contributed by atoms with Crippen molar-refractivity contribution in [1.82, 2.24) is 9.13 Å². The second-order valence-corrected chi connectivity index (χ2v) is 30.5. The molecule has 0 unspecified atom stereocenters. The zero-order valence-corrected chi connectivity index (χ0v) is 62.1. The number of aromatic hydroxyl groups is 4. The normalized spacial score (nSPS) is 12.3. The minimum absolute atomic E-state index is 0. The van der Waals surface area contributed by atoms with E-state index in [1.165, 1.54) is 58.7 Å². The first-order valence-corrected chi connectivity index (χ1v) is 31.3. The predicted octanol–water partition coefficient (Wildman–Crippen LogP) is 23.4. The summed E-state index contributed by atoms with van der Waals surface area (Å²) in [5, 5.41) is 49.7. The number of nitrogens with zero attached hydrogens (tertiary/aromatic N) is 2. The van der Waals surface area contributed by atoms with E-state index in [9.17, 15) is 29.2 Å². The van der Waals surface area contributed by atoms with E-state index in [0.717, 1.165) is 80.4 Å². The molecule has 0 radical (unpaired) electrons. The maximum absolute atomic E-state index is 14.6. The number of rotatable bonds is 9. The number of hydrogen-bond donors (Lipinski definition) is 4. The molecule has 91 heavy (non-hydrogen) atoms. The Labute approximate surface area is 563 Å². The first kappa shape index (κ1) is 75.0. The molecule has 0 saturated heterocycles. The summed E-state index contributed by atoms with van der Waals surface area (Å²) in [6, 6.07) is 41.8. The van der Waals surface area contributed by atoms with Crippen molar-refractivity contribution >= 4 is 43.6 Å². The van der Waals surface area contributed by atoms with Gasteiger partial charge in [-0.1, -0.05) is 162 Å². The number of halogens is 2. The SMILES string of the molecule is CC(C)(C)CC(C)(C)c1cc(-c2cc(F)ccc2O)c(O)c(-n2c3ccc(C(C)(C)C)cc3c3cc(C(C)(C)C)ccc32)c1.CCc1cc(-c2cc(F)ccc2O)c(O)c(-n2c3ccc(C(C)(C)C)cc3c3cc(C(C)(C)C)ccc32)c1.[CH2-]CC(C)C[CH2-].[CH3-].[CH3-].[Hf+4]. The Balaban J connectivity index is 0.000000296. The fourth-order valence-corrected chi connectivity index (χ4v) is 12.1. The Bertz CT molecular complexity index is 4080. The number of phenols is 4. The van der Waals surface area contributed by atoms with Gasteiger partial charge in [0, 0.05) is 43.8 Å². The quantitative estimate of drug-likeness (QED) is 0.0856. The summed E-state index contributed by atoms with van der Waals surface area (Å²) < 4.78 is 33.0. The van der Waals surface area contributed by atoms with Gasteiger partial charge in [0.25, 0.3) is 0 Å². The van der Waals surface area contributed by atoms with Crippen LogP contribution in [0.1, 0.15) is 184 Å². The van der Waals surface area contributed by atoms with E-state index in [-0.39, 0.29) is 107 Å². The van der Waals surface area contributed by atoms with Gasteiger partial charge >= 0.3 is 25.8 Å². The van der Waals surface area contributed by atoms with Crippen molar-refractivity contribution in [2.75, 3.05) is 0 Å². The van der Waals surface area contributed by atoms with Crippen molar-refractivity contribution in [1.29, 1.82) is 0 Å². The van der Waals surface area contributed by atoms with E-state index in [1.54, 1.807) is 0 Å². The number of fused-ring (bicyclic) bond motifs is 6. The molecule has 0 saturated carbocycles. The zero-order valence-electron chi connectivity index (χ0n) is 58.5. The van der Waals surface area contributed by atoms with Crippen LogP contribution in [-0.2, 0) is 59.3 Å². The van der Waals surface area contributed by atoms with Gasteiger partial charge in [-0.25, -0.2) is 8.78 Å². The first-order chi connectivity index (χ1) is 40.8. The fourth-order valence-electron chi connectivity index (χ4n) is 12.1. The summed E-state index contributed by atoms with van der Waals surface area (Å²) in [5.41, 5.74) is 13.1. The van der Waals surface area contributed by atoms with Crippen LogP contribution in [0.4, 0.5) is 8.78 Å². The second-order valence-electron chi connectivity index (χ2n) is 30.5. The van der Waals surface area contributed by atoms with Gasteiger partial charge in [-0.2, -0.15) is 12.8 Å². The third-order valence-electron chi connectivity index (χ3n) is 17.4. The van der Waals surface area contributed by atoms with Crippen molar-refractivity contribution in [3.05, 3.63) is 207 Å². The van der Waals surface area contributed by atoms with E-state index in [0.29, 0.717) is 28.4 Å². The molecular weight excluding hydrogens is 1290 g/mol. The minimum Gasteiger partial charge on any atom is -0.507 e. The van der Waals surface area contributed by atoms with Crippen LogP contribution in [0, 0.1) is 51.7 Å². The molecular formula is C82H102F2HfN2O4. The van der Waals surface area contributed by atoms with Crippen LogP contribution in [0.5, 0.6) is 23.0 Å². The van der Waals surface area contributed by atoms with Gasteiger partial charge in [0.05, 0.1) is 33.4 Å². The Morgan fingerprint density at radius 2 is 0.725 bits per heavy atom. The smallest absolute Gasteiger partial charge is 0.507 e. The molecule has 9 heteroatoms. The number of aryl methyl sites for hydroxylation is 1. The van der Waals surface area contributed by atoms with Crippen LogP contribution in [0.15, 0.2) is 133 Å². The van der Waals surface area contributed by atoms with E-state index in [2.05, 4.69) is 226 Å². The van der Waals surface area contributed by atoms with Crippen LogP contribution in [0.2, 0.25) is 0 Å². The van der Waals surface area contributed by atoms with Crippen molar-refractivity contribution in [2.24, 2.45) is 11.3 Å². The van der Waals surface area contributed by atoms with Gasteiger partial charge in [-0.05, 0) is 188 Å². The summed E-state index contributed by atoms with van der Waals surface area (Å²) >= 11 is 0. The third-order valence-corrected chi connectivity index (χ3v) is 17.4. The Hall–Kier alpha value is -6.71. The molecule has 0 atom stereocenters. The van der Waals surface area contributed by atoms with Crippen LogP contribution in [0.25, 0.3) is 77.2 Å². The Kier molecular flexibility index (Phi) is 23.0. The van der Waals surface area contributed by atoms with Crippen LogP contribution >= 0.6 is 0 Å². The van der Waals surface area contributed by atoms with Crippen molar-refractivity contribution in [3.8, 4) is 56.6 Å². The molecule has 4 N–H and O–H groups in total. The summed E-state index contributed by atoms with van der Waals surface area (Å²) in [6.45, 7) is 49.3. The number of phenolic OH excluding ortho intramolecular Hbond substituents is 4. The average molecular weight is 1400 g/mol. The molecule has 0 amide bonds. The molecule has 482 valence electrons. The second kappa shape index (κ2) is 27.9. The van der Waals surface area contributed by atoms with Crippen molar-refractivity contribution < 1.29 is 55.1 Å². The van der Waals surface area contributed by atoms with Gasteiger partial charge in [-0.3, -0.25) is 0 Å². The molecule has 10 aromatic rings. The summed E-state index contributed by atoms with van der Waals surface area (Å²) in [6.07, 6.45) is 3.64. The number of hydrogen-bond acceptors (Lipinski definition) is 4. The molecule has 2 heterocycles. The molecule has 0 aliphatic carbocycles. The molecule has 0 bridgehead atoms. The molecule has 2 aromatic heterocycles. The van der Waals surface area contributed by atoms with Crippen LogP contribution < -0.4 is 0 Å². The zero-order chi connectivity index (χ0) is 65.1. The monoisotopic (exact) mass is 1400 g/mol. The molecule has 0 spiro atoms. The van der Waals surface area contributed by atoms with Gasteiger partial charge < -0.3 is 58.3 Å². The number of aromatic nitrogens is 2. The standard InChI is InChI=1S/C40H48FNO2.C34H36FNO2.C6H12.2CH3.Hf/c1-37(2,3)23-40(10,11)26-20-31(30-22-27(41)14-17-35(30)43)36(44)34(21-26)42-32-15-12-24(38(4,5)6)18-28(32)29-19-25(39(7,8)9)13-16-33(29)42;1-8-20-15-27(26-19-23(35)11-14-31(26)37)32(38)30(16-20)36-28-12-9-21(33(2,3)4)17-24(28)25-18-22(34(5,6)7)10-13-29(25)36;1-4-6(3)5-2;;;/h12-22,43-44H,23H2,1-11H3;9-19,37-38H,8H2,1-7H3;6H,1-2,4-5H2,3H3;2*1H3;/q;;-2;2*-1;+4. The van der Waals surface area contributed by atoms with Crippen molar-refractivity contribution in [2.45, 2.75) is 184 Å². The maximum atomic E-state index is 14.6. The molecule has 0 aliphatic rings. The van der Waals surface area contributed by atoms with Crippen LogP contribution in [0.3, 0.4) is 0 Å². The van der Waals surface area contributed by atoms with Crippen molar-refractivity contribution in [3.63, 3.8) is 0 Å². The van der Waals surface area contributed by atoms with Gasteiger partial charge in [0.1, 0.15) is 34.6 Å². The molecule has 0 aliphatic heterocycles. The van der Waals surface area contributed by atoms with E-state index < -0.39 is 11.6 Å².